The van der Waals surface area contributed by atoms with Crippen LogP contribution in [0, 0.1) is 0 Å². The molecule has 2 saturated heterocycles. The number of morpholine rings is 2. The summed E-state index contributed by atoms with van der Waals surface area (Å²) in [5.41, 5.74) is 2.79. The highest BCUT2D eigenvalue weighted by Crippen LogP contribution is 2.33. The minimum Gasteiger partial charge on any atom is -0.488 e. The molecule has 0 atom stereocenters. The van der Waals surface area contributed by atoms with Gasteiger partial charge in [0.05, 0.1) is 38.0 Å². The minimum absolute atomic E-state index is 0.137. The fourth-order valence-electron chi connectivity index (χ4n) is 5.44. The van der Waals surface area contributed by atoms with E-state index >= 15 is 0 Å². The maximum atomic E-state index is 6.57. The summed E-state index contributed by atoms with van der Waals surface area (Å²) in [5.74, 6) is 2.22. The molecule has 6 rings (SSSR count). The Morgan fingerprint density at radius 3 is 2.44 bits per heavy atom. The lowest BCUT2D eigenvalue weighted by atomic mass is 9.93. The molecule has 1 aliphatic carbocycles. The van der Waals surface area contributed by atoms with E-state index in [0.29, 0.717) is 18.5 Å². The number of benzene rings is 1. The molecule has 39 heavy (non-hydrogen) atoms. The molecule has 0 bridgehead atoms. The molecule has 0 amide bonds. The average molecular weight is 536 g/mol. The van der Waals surface area contributed by atoms with E-state index in [4.69, 9.17) is 18.9 Å². The van der Waals surface area contributed by atoms with Crippen molar-refractivity contribution in [3.8, 4) is 11.6 Å². The zero-order chi connectivity index (χ0) is 26.3. The molecule has 1 saturated carbocycles. The van der Waals surface area contributed by atoms with Crippen LogP contribution in [0.15, 0.2) is 36.9 Å². The number of hydrogen-bond acceptors (Lipinski definition) is 11. The van der Waals surface area contributed by atoms with Crippen molar-refractivity contribution in [1.29, 1.82) is 0 Å². The van der Waals surface area contributed by atoms with E-state index in [1.54, 1.807) is 18.7 Å². The molecule has 2 aromatic heterocycles. The lowest BCUT2D eigenvalue weighted by Crippen LogP contribution is -2.38. The zero-order valence-electron chi connectivity index (χ0n) is 22.3. The highest BCUT2D eigenvalue weighted by molar-refractivity contribution is 5.85. The van der Waals surface area contributed by atoms with Crippen LogP contribution in [-0.2, 0) is 9.47 Å². The summed E-state index contributed by atoms with van der Waals surface area (Å²) in [4.78, 5) is 22.5. The molecule has 0 unspecified atom stereocenters. The number of anilines is 2. The summed E-state index contributed by atoms with van der Waals surface area (Å²) in [6, 6.07) is 6.44. The van der Waals surface area contributed by atoms with E-state index in [9.17, 15) is 0 Å². The molecule has 1 aromatic carbocycles. The molecule has 3 aromatic rings. The molecule has 1 N–H and O–H groups in total. The number of rotatable bonds is 9. The van der Waals surface area contributed by atoms with Crippen molar-refractivity contribution >= 4 is 22.5 Å². The second-order valence-corrected chi connectivity index (χ2v) is 10.2. The van der Waals surface area contributed by atoms with E-state index in [0.717, 1.165) is 113 Å². The molecular weight excluding hydrogens is 498 g/mol. The third-order valence-corrected chi connectivity index (χ3v) is 7.62. The lowest BCUT2D eigenvalue weighted by Gasteiger charge is -2.31. The Morgan fingerprint density at radius 1 is 0.846 bits per heavy atom. The third-order valence-electron chi connectivity index (χ3n) is 7.62. The monoisotopic (exact) mass is 535 g/mol. The molecule has 11 nitrogen and oxygen atoms in total. The lowest BCUT2D eigenvalue weighted by molar-refractivity contribution is 0.0320. The van der Waals surface area contributed by atoms with Crippen LogP contribution in [0.2, 0.25) is 0 Å². The van der Waals surface area contributed by atoms with Crippen LogP contribution in [0.25, 0.3) is 11.0 Å². The first-order chi connectivity index (χ1) is 19.3. The van der Waals surface area contributed by atoms with Crippen molar-refractivity contribution in [3.05, 3.63) is 36.9 Å². The predicted octanol–water partition coefficient (Wildman–Crippen LogP) is 2.77. The summed E-state index contributed by atoms with van der Waals surface area (Å²) in [6.45, 7) is 8.17. The van der Waals surface area contributed by atoms with Gasteiger partial charge in [0.1, 0.15) is 30.0 Å². The van der Waals surface area contributed by atoms with E-state index in [1.165, 1.54) is 0 Å². The molecule has 4 heterocycles. The third kappa shape index (κ3) is 6.84. The Hall–Kier alpha value is -3.28. The molecule has 11 heteroatoms. The van der Waals surface area contributed by atoms with Crippen LogP contribution >= 0.6 is 0 Å². The Kier molecular flexibility index (Phi) is 8.47. The number of nitrogens with zero attached hydrogens (tertiary/aromatic N) is 6. The van der Waals surface area contributed by atoms with E-state index in [2.05, 4.69) is 47.2 Å². The van der Waals surface area contributed by atoms with Gasteiger partial charge in [0, 0.05) is 69.0 Å². The number of ether oxygens (including phenoxy) is 4. The summed E-state index contributed by atoms with van der Waals surface area (Å²) in [6.07, 6.45) is 9.06. The molecule has 208 valence electrons. The first-order valence-electron chi connectivity index (χ1n) is 14.1. The second kappa shape index (κ2) is 12.7. The Bertz CT molecular complexity index is 1210. The standard InChI is InChI=1S/C28H37N7O4/c1-3-23(39-25-18-22(35-10-14-37-15-11-35)17-24-28(25)30-6-5-29-24)4-2-21(1)33-26-19-27(32-20-31-26)38-16-9-34-7-12-36-13-8-34/h5-6,17-21,23H,1-4,7-16H2,(H,31,32,33). The van der Waals surface area contributed by atoms with Crippen molar-refractivity contribution in [2.45, 2.75) is 37.8 Å². The van der Waals surface area contributed by atoms with Crippen molar-refractivity contribution in [2.75, 3.05) is 76.0 Å². The Morgan fingerprint density at radius 2 is 1.62 bits per heavy atom. The molecule has 0 radical (unpaired) electrons. The molecule has 3 fully saturated rings. The highest BCUT2D eigenvalue weighted by Gasteiger charge is 2.24. The maximum Gasteiger partial charge on any atom is 0.218 e. The van der Waals surface area contributed by atoms with Gasteiger partial charge in [-0.25, -0.2) is 15.0 Å². The Labute approximate surface area is 228 Å². The van der Waals surface area contributed by atoms with Crippen LogP contribution in [0.1, 0.15) is 25.7 Å². The highest BCUT2D eigenvalue weighted by atomic mass is 16.5. The van der Waals surface area contributed by atoms with Gasteiger partial charge in [-0.15, -0.1) is 0 Å². The summed E-state index contributed by atoms with van der Waals surface area (Å²) in [5, 5.41) is 3.57. The van der Waals surface area contributed by atoms with Gasteiger partial charge >= 0.3 is 0 Å². The predicted molar refractivity (Wildman–Crippen MR) is 148 cm³/mol. The first-order valence-corrected chi connectivity index (χ1v) is 14.1. The fourth-order valence-corrected chi connectivity index (χ4v) is 5.44. The van der Waals surface area contributed by atoms with Gasteiger partial charge in [0.15, 0.2) is 0 Å². The molecule has 2 aliphatic heterocycles. The van der Waals surface area contributed by atoms with Crippen molar-refractivity contribution in [2.24, 2.45) is 0 Å². The first kappa shape index (κ1) is 26.0. The van der Waals surface area contributed by atoms with Gasteiger partial charge in [-0.05, 0) is 31.7 Å². The van der Waals surface area contributed by atoms with Crippen molar-refractivity contribution in [3.63, 3.8) is 0 Å². The van der Waals surface area contributed by atoms with Crippen LogP contribution < -0.4 is 19.7 Å². The number of hydrogen-bond donors (Lipinski definition) is 1. The molecule has 3 aliphatic rings. The number of aromatic nitrogens is 4. The summed E-state index contributed by atoms with van der Waals surface area (Å²) in [7, 11) is 0. The summed E-state index contributed by atoms with van der Waals surface area (Å²) < 4.78 is 23.4. The van der Waals surface area contributed by atoms with Gasteiger partial charge in [0.2, 0.25) is 5.88 Å². The zero-order valence-corrected chi connectivity index (χ0v) is 22.3. The topological polar surface area (TPSA) is 107 Å². The minimum atomic E-state index is 0.137. The van der Waals surface area contributed by atoms with Crippen molar-refractivity contribution < 1.29 is 18.9 Å². The summed E-state index contributed by atoms with van der Waals surface area (Å²) >= 11 is 0. The van der Waals surface area contributed by atoms with Crippen molar-refractivity contribution in [1.82, 2.24) is 24.8 Å². The van der Waals surface area contributed by atoms with Gasteiger partial charge in [-0.2, -0.15) is 0 Å². The van der Waals surface area contributed by atoms with Gasteiger partial charge < -0.3 is 29.2 Å². The van der Waals surface area contributed by atoms with Gasteiger partial charge in [0.25, 0.3) is 0 Å². The fraction of sp³-hybridized carbons (Fsp3) is 0.571. The van der Waals surface area contributed by atoms with Crippen LogP contribution in [0.5, 0.6) is 11.6 Å². The SMILES string of the molecule is c1nc(NC2CCC(Oc3cc(N4CCOCC4)cc4nccnc34)CC2)cc(OCCN2CCOCC2)n1. The normalized spacial score (nSPS) is 22.5. The molecular formula is C28H37N7O4. The average Bonchev–Trinajstić information content (AvgIpc) is 2.99. The number of fused-ring (bicyclic) bond motifs is 1. The maximum absolute atomic E-state index is 6.57. The Balaban J connectivity index is 1.02. The van der Waals surface area contributed by atoms with Crippen LogP contribution in [0.3, 0.4) is 0 Å². The molecule has 0 spiro atoms. The smallest absolute Gasteiger partial charge is 0.218 e. The van der Waals surface area contributed by atoms with E-state index in [1.807, 2.05) is 6.07 Å². The largest absolute Gasteiger partial charge is 0.488 e. The van der Waals surface area contributed by atoms with E-state index < -0.39 is 0 Å². The quantitative estimate of drug-likeness (QED) is 0.437. The number of nitrogens with one attached hydrogen (secondary N) is 1. The van der Waals surface area contributed by atoms with Gasteiger partial charge in [-0.1, -0.05) is 0 Å². The van der Waals surface area contributed by atoms with Crippen LogP contribution in [-0.4, -0.2) is 103 Å². The van der Waals surface area contributed by atoms with Crippen LogP contribution in [0.4, 0.5) is 11.5 Å². The second-order valence-electron chi connectivity index (χ2n) is 10.2. The van der Waals surface area contributed by atoms with E-state index in [-0.39, 0.29) is 6.10 Å². The van der Waals surface area contributed by atoms with Gasteiger partial charge in [-0.3, -0.25) is 9.88 Å².